The van der Waals surface area contributed by atoms with Gasteiger partial charge in [0.15, 0.2) is 0 Å². The van der Waals surface area contributed by atoms with Crippen molar-refractivity contribution in [2.75, 3.05) is 46.3 Å². The number of carbonyl (C=O) groups excluding carboxylic acids is 3. The highest BCUT2D eigenvalue weighted by Gasteiger charge is 2.34. The predicted octanol–water partition coefficient (Wildman–Crippen LogP) is 1.19. The standard InChI is InChI=1S/C21H38N4O3/c1-15(2)14-18(26)22-19(16(3)4)21(28)24-8-6-17(7-9-24)20(27)25-12-10-23(5)11-13-25/h15-17,19H,6-14H2,1-5H3,(H,22,26). The van der Waals surface area contributed by atoms with Crippen molar-refractivity contribution in [3.05, 3.63) is 0 Å². The molecule has 0 bridgehead atoms. The second-order valence-corrected chi connectivity index (χ2v) is 9.12. The van der Waals surface area contributed by atoms with Crippen molar-refractivity contribution in [1.82, 2.24) is 20.0 Å². The number of rotatable bonds is 6. The van der Waals surface area contributed by atoms with Gasteiger partial charge in [-0.1, -0.05) is 27.7 Å². The van der Waals surface area contributed by atoms with Crippen molar-refractivity contribution < 1.29 is 14.4 Å². The highest BCUT2D eigenvalue weighted by molar-refractivity contribution is 5.88. The Kier molecular flexibility index (Phi) is 8.28. The molecule has 0 saturated carbocycles. The van der Waals surface area contributed by atoms with Gasteiger partial charge in [-0.05, 0) is 31.7 Å². The lowest BCUT2D eigenvalue weighted by atomic mass is 9.93. The first-order chi connectivity index (χ1) is 13.2. The van der Waals surface area contributed by atoms with E-state index in [0.29, 0.717) is 32.4 Å². The molecule has 2 heterocycles. The van der Waals surface area contributed by atoms with E-state index >= 15 is 0 Å². The zero-order chi connectivity index (χ0) is 20.8. The number of carbonyl (C=O) groups is 3. The first kappa shape index (κ1) is 22.7. The third-order valence-corrected chi connectivity index (χ3v) is 5.81. The second-order valence-electron chi connectivity index (χ2n) is 9.12. The maximum absolute atomic E-state index is 13.0. The zero-order valence-electron chi connectivity index (χ0n) is 18.2. The summed E-state index contributed by atoms with van der Waals surface area (Å²) in [6.07, 6.45) is 1.85. The summed E-state index contributed by atoms with van der Waals surface area (Å²) in [7, 11) is 2.08. The molecule has 7 heteroatoms. The molecule has 0 aromatic rings. The van der Waals surface area contributed by atoms with E-state index in [1.54, 1.807) is 0 Å². The quantitative estimate of drug-likeness (QED) is 0.734. The van der Waals surface area contributed by atoms with Crippen molar-refractivity contribution in [3.63, 3.8) is 0 Å². The normalized spacial score (nSPS) is 20.5. The maximum Gasteiger partial charge on any atom is 0.245 e. The monoisotopic (exact) mass is 394 g/mol. The van der Waals surface area contributed by atoms with Crippen LogP contribution in [0.15, 0.2) is 0 Å². The molecule has 0 aliphatic carbocycles. The number of nitrogens with zero attached hydrogens (tertiary/aromatic N) is 3. The molecule has 2 aliphatic heterocycles. The van der Waals surface area contributed by atoms with Gasteiger partial charge in [-0.15, -0.1) is 0 Å². The lowest BCUT2D eigenvalue weighted by Crippen LogP contribution is -2.54. The summed E-state index contributed by atoms with van der Waals surface area (Å²) in [5.41, 5.74) is 0. The Bertz CT molecular complexity index is 548. The molecule has 2 rings (SSSR count). The minimum absolute atomic E-state index is 0.0143. The van der Waals surface area contributed by atoms with Crippen LogP contribution in [0.5, 0.6) is 0 Å². The molecule has 0 spiro atoms. The predicted molar refractivity (Wildman–Crippen MR) is 110 cm³/mol. The fourth-order valence-corrected chi connectivity index (χ4v) is 3.95. The smallest absolute Gasteiger partial charge is 0.245 e. The molecule has 2 fully saturated rings. The van der Waals surface area contributed by atoms with Crippen molar-refractivity contribution >= 4 is 17.7 Å². The topological polar surface area (TPSA) is 73.0 Å². The van der Waals surface area contributed by atoms with Crippen LogP contribution in [-0.4, -0.2) is 84.8 Å². The Labute approximate surface area is 169 Å². The molecular weight excluding hydrogens is 356 g/mol. The zero-order valence-corrected chi connectivity index (χ0v) is 18.2. The molecule has 0 aromatic heterocycles. The van der Waals surface area contributed by atoms with Gasteiger partial charge in [-0.3, -0.25) is 14.4 Å². The van der Waals surface area contributed by atoms with Gasteiger partial charge in [0.1, 0.15) is 6.04 Å². The Morgan fingerprint density at radius 2 is 1.46 bits per heavy atom. The molecule has 1 unspecified atom stereocenters. The molecule has 0 aromatic carbocycles. The van der Waals surface area contributed by atoms with Crippen LogP contribution in [0.4, 0.5) is 0 Å². The van der Waals surface area contributed by atoms with Crippen LogP contribution in [0.1, 0.15) is 47.0 Å². The lowest BCUT2D eigenvalue weighted by molar-refractivity contribution is -0.143. The van der Waals surface area contributed by atoms with Crippen LogP contribution in [0.25, 0.3) is 0 Å². The molecule has 28 heavy (non-hydrogen) atoms. The van der Waals surface area contributed by atoms with E-state index in [4.69, 9.17) is 0 Å². The molecule has 160 valence electrons. The molecule has 3 amide bonds. The molecular formula is C21H38N4O3. The number of hydrogen-bond donors (Lipinski definition) is 1. The van der Waals surface area contributed by atoms with Crippen molar-refractivity contribution in [2.45, 2.75) is 53.0 Å². The summed E-state index contributed by atoms with van der Waals surface area (Å²) in [6, 6.07) is -0.490. The first-order valence-electron chi connectivity index (χ1n) is 10.7. The van der Waals surface area contributed by atoms with E-state index < -0.39 is 6.04 Å². The molecule has 2 aliphatic rings. The van der Waals surface area contributed by atoms with Crippen molar-refractivity contribution in [1.29, 1.82) is 0 Å². The minimum atomic E-state index is -0.490. The van der Waals surface area contributed by atoms with Gasteiger partial charge < -0.3 is 20.0 Å². The largest absolute Gasteiger partial charge is 0.344 e. The summed E-state index contributed by atoms with van der Waals surface area (Å²) < 4.78 is 0. The van der Waals surface area contributed by atoms with Crippen LogP contribution in [0, 0.1) is 17.8 Å². The minimum Gasteiger partial charge on any atom is -0.344 e. The Morgan fingerprint density at radius 1 is 0.893 bits per heavy atom. The molecule has 1 N–H and O–H groups in total. The summed E-state index contributed by atoms with van der Waals surface area (Å²) in [5.74, 6) is 0.471. The van der Waals surface area contributed by atoms with Crippen LogP contribution in [0.2, 0.25) is 0 Å². The third-order valence-electron chi connectivity index (χ3n) is 5.81. The number of piperidine rings is 1. The van der Waals surface area contributed by atoms with Crippen LogP contribution in [-0.2, 0) is 14.4 Å². The van der Waals surface area contributed by atoms with Crippen molar-refractivity contribution in [3.8, 4) is 0 Å². The summed E-state index contributed by atoms with van der Waals surface area (Å²) >= 11 is 0. The van der Waals surface area contributed by atoms with E-state index in [1.165, 1.54) is 0 Å². The number of piperazine rings is 1. The van der Waals surface area contributed by atoms with Gasteiger partial charge in [-0.2, -0.15) is 0 Å². The van der Waals surface area contributed by atoms with Gasteiger partial charge in [0.25, 0.3) is 0 Å². The number of amides is 3. The van der Waals surface area contributed by atoms with Crippen LogP contribution < -0.4 is 5.32 Å². The van der Waals surface area contributed by atoms with E-state index in [2.05, 4.69) is 17.3 Å². The van der Waals surface area contributed by atoms with Gasteiger partial charge in [0, 0.05) is 51.6 Å². The summed E-state index contributed by atoms with van der Waals surface area (Å²) in [4.78, 5) is 44.0. The molecule has 7 nitrogen and oxygen atoms in total. The third kappa shape index (κ3) is 6.19. The lowest BCUT2D eigenvalue weighted by Gasteiger charge is -2.38. The van der Waals surface area contributed by atoms with Gasteiger partial charge in [-0.25, -0.2) is 0 Å². The van der Waals surface area contributed by atoms with E-state index in [1.807, 2.05) is 37.5 Å². The number of likely N-dealkylation sites (N-methyl/N-ethyl adjacent to an activating group) is 1. The van der Waals surface area contributed by atoms with Gasteiger partial charge >= 0.3 is 0 Å². The maximum atomic E-state index is 13.0. The van der Waals surface area contributed by atoms with E-state index in [9.17, 15) is 14.4 Å². The first-order valence-corrected chi connectivity index (χ1v) is 10.7. The number of likely N-dealkylation sites (tertiary alicyclic amines) is 1. The van der Waals surface area contributed by atoms with Gasteiger partial charge in [0.05, 0.1) is 0 Å². The fraction of sp³-hybridized carbons (Fsp3) is 0.857. The van der Waals surface area contributed by atoms with Crippen LogP contribution in [0.3, 0.4) is 0 Å². The second kappa shape index (κ2) is 10.2. The molecule has 1 atom stereocenters. The Hall–Kier alpha value is -1.63. The Morgan fingerprint density at radius 3 is 1.96 bits per heavy atom. The fourth-order valence-electron chi connectivity index (χ4n) is 3.95. The van der Waals surface area contributed by atoms with Crippen LogP contribution >= 0.6 is 0 Å². The average molecular weight is 395 g/mol. The Balaban J connectivity index is 1.87. The number of nitrogens with one attached hydrogen (secondary N) is 1. The highest BCUT2D eigenvalue weighted by atomic mass is 16.2. The SMILES string of the molecule is CC(C)CC(=O)NC(C(=O)N1CCC(C(=O)N2CCN(C)CC2)CC1)C(C)C. The molecule has 2 saturated heterocycles. The molecule has 0 radical (unpaired) electrons. The van der Waals surface area contributed by atoms with Gasteiger partial charge in [0.2, 0.25) is 17.7 Å². The van der Waals surface area contributed by atoms with E-state index in [0.717, 1.165) is 26.2 Å². The number of hydrogen-bond acceptors (Lipinski definition) is 4. The summed E-state index contributed by atoms with van der Waals surface area (Å²) in [6.45, 7) is 12.5. The summed E-state index contributed by atoms with van der Waals surface area (Å²) in [5, 5.41) is 2.92. The highest BCUT2D eigenvalue weighted by Crippen LogP contribution is 2.22. The van der Waals surface area contributed by atoms with Crippen molar-refractivity contribution in [2.24, 2.45) is 17.8 Å². The average Bonchev–Trinajstić information content (AvgIpc) is 2.65. The van der Waals surface area contributed by atoms with E-state index in [-0.39, 0.29) is 35.5 Å².